The summed E-state index contributed by atoms with van der Waals surface area (Å²) in [5, 5.41) is 9.57. The molecule has 0 aliphatic carbocycles. The average Bonchev–Trinajstić information content (AvgIpc) is 2.27. The van der Waals surface area contributed by atoms with Gasteiger partial charge in [-0.05, 0) is 42.2 Å². The zero-order valence-electron chi connectivity index (χ0n) is 8.99. The Hall–Kier alpha value is -1.76. The lowest BCUT2D eigenvalue weighted by atomic mass is 9.96. The van der Waals surface area contributed by atoms with E-state index in [0.29, 0.717) is 5.75 Å². The van der Waals surface area contributed by atoms with Crippen molar-refractivity contribution in [1.29, 1.82) is 0 Å². The number of aromatic hydroxyl groups is 1. The molecule has 0 fully saturated rings. The van der Waals surface area contributed by atoms with Crippen LogP contribution in [0.15, 0.2) is 42.5 Å². The number of phenolic OH excluding ortho intramolecular Hbond substituents is 1. The highest BCUT2D eigenvalue weighted by molar-refractivity contribution is 5.69. The molecule has 2 rings (SSSR count). The minimum absolute atomic E-state index is 0.368. The van der Waals surface area contributed by atoms with E-state index in [1.165, 1.54) is 11.1 Å². The molecular formula is C14H14O. The Labute approximate surface area is 90.0 Å². The number of phenols is 1. The van der Waals surface area contributed by atoms with Crippen molar-refractivity contribution < 1.29 is 5.11 Å². The summed E-state index contributed by atoms with van der Waals surface area (Å²) in [5.74, 6) is 0.368. The first-order valence-electron chi connectivity index (χ1n) is 5.04. The van der Waals surface area contributed by atoms with Crippen molar-refractivity contribution in [2.75, 3.05) is 0 Å². The topological polar surface area (TPSA) is 20.2 Å². The standard InChI is InChI=1S/C14H14O/c1-10-11(2)14(15)9-8-13(10)12-6-4-3-5-7-12/h3-9,15H,1-2H3. The minimum Gasteiger partial charge on any atom is -0.508 e. The molecule has 0 unspecified atom stereocenters. The first-order valence-corrected chi connectivity index (χ1v) is 5.04. The van der Waals surface area contributed by atoms with Crippen LogP contribution in [0.4, 0.5) is 0 Å². The Morgan fingerprint density at radius 2 is 1.47 bits per heavy atom. The maximum absolute atomic E-state index is 9.57. The molecule has 0 saturated heterocycles. The van der Waals surface area contributed by atoms with E-state index < -0.39 is 0 Å². The van der Waals surface area contributed by atoms with Crippen LogP contribution in [-0.4, -0.2) is 5.11 Å². The highest BCUT2D eigenvalue weighted by Gasteiger charge is 2.06. The molecule has 1 N–H and O–H groups in total. The third kappa shape index (κ3) is 1.73. The van der Waals surface area contributed by atoms with Crippen molar-refractivity contribution in [1.82, 2.24) is 0 Å². The molecule has 0 bridgehead atoms. The smallest absolute Gasteiger partial charge is 0.118 e. The summed E-state index contributed by atoms with van der Waals surface area (Å²) in [6.45, 7) is 3.98. The van der Waals surface area contributed by atoms with Crippen LogP contribution in [0.1, 0.15) is 11.1 Å². The van der Waals surface area contributed by atoms with E-state index in [-0.39, 0.29) is 0 Å². The maximum Gasteiger partial charge on any atom is 0.118 e. The molecule has 0 atom stereocenters. The van der Waals surface area contributed by atoms with E-state index in [1.54, 1.807) is 6.07 Å². The van der Waals surface area contributed by atoms with Crippen molar-refractivity contribution in [3.8, 4) is 16.9 Å². The maximum atomic E-state index is 9.57. The van der Waals surface area contributed by atoms with Crippen LogP contribution in [0.25, 0.3) is 11.1 Å². The van der Waals surface area contributed by atoms with Crippen molar-refractivity contribution >= 4 is 0 Å². The number of hydrogen-bond acceptors (Lipinski definition) is 1. The van der Waals surface area contributed by atoms with E-state index in [2.05, 4.69) is 12.1 Å². The molecule has 1 nitrogen and oxygen atoms in total. The zero-order chi connectivity index (χ0) is 10.8. The van der Waals surface area contributed by atoms with E-state index in [9.17, 15) is 5.11 Å². The van der Waals surface area contributed by atoms with Crippen LogP contribution in [0.5, 0.6) is 5.75 Å². The fourth-order valence-corrected chi connectivity index (χ4v) is 1.74. The molecule has 2 aromatic rings. The molecule has 15 heavy (non-hydrogen) atoms. The molecule has 0 aliphatic heterocycles. The van der Waals surface area contributed by atoms with Crippen LogP contribution in [0.3, 0.4) is 0 Å². The van der Waals surface area contributed by atoms with Gasteiger partial charge in [-0.15, -0.1) is 0 Å². The Balaban J connectivity index is 2.60. The fraction of sp³-hybridized carbons (Fsp3) is 0.143. The quantitative estimate of drug-likeness (QED) is 0.741. The van der Waals surface area contributed by atoms with Gasteiger partial charge >= 0.3 is 0 Å². The van der Waals surface area contributed by atoms with Crippen LogP contribution >= 0.6 is 0 Å². The van der Waals surface area contributed by atoms with Crippen molar-refractivity contribution in [2.24, 2.45) is 0 Å². The second-order valence-corrected chi connectivity index (χ2v) is 3.75. The Morgan fingerprint density at radius 3 is 2.13 bits per heavy atom. The normalized spacial score (nSPS) is 10.3. The third-order valence-corrected chi connectivity index (χ3v) is 2.84. The van der Waals surface area contributed by atoms with Gasteiger partial charge in [0.25, 0.3) is 0 Å². The number of benzene rings is 2. The van der Waals surface area contributed by atoms with Crippen LogP contribution in [0.2, 0.25) is 0 Å². The van der Waals surface area contributed by atoms with Crippen LogP contribution in [-0.2, 0) is 0 Å². The van der Waals surface area contributed by atoms with Gasteiger partial charge in [-0.25, -0.2) is 0 Å². The fourth-order valence-electron chi connectivity index (χ4n) is 1.74. The zero-order valence-corrected chi connectivity index (χ0v) is 8.99. The summed E-state index contributed by atoms with van der Waals surface area (Å²) >= 11 is 0. The lowest BCUT2D eigenvalue weighted by Gasteiger charge is -2.10. The number of rotatable bonds is 1. The van der Waals surface area contributed by atoms with E-state index in [1.807, 2.05) is 38.1 Å². The number of hydrogen-bond donors (Lipinski definition) is 1. The molecule has 2 aromatic carbocycles. The summed E-state index contributed by atoms with van der Waals surface area (Å²) in [5.41, 5.74) is 4.47. The molecule has 1 heteroatoms. The van der Waals surface area contributed by atoms with E-state index in [0.717, 1.165) is 11.1 Å². The van der Waals surface area contributed by atoms with Gasteiger partial charge in [0.1, 0.15) is 5.75 Å². The van der Waals surface area contributed by atoms with Crippen molar-refractivity contribution in [3.05, 3.63) is 53.6 Å². The summed E-state index contributed by atoms with van der Waals surface area (Å²) in [6, 6.07) is 13.9. The van der Waals surface area contributed by atoms with Gasteiger partial charge in [0.2, 0.25) is 0 Å². The Bertz CT molecular complexity index is 472. The molecule has 0 aliphatic rings. The summed E-state index contributed by atoms with van der Waals surface area (Å²) in [4.78, 5) is 0. The van der Waals surface area contributed by atoms with Crippen LogP contribution < -0.4 is 0 Å². The lowest BCUT2D eigenvalue weighted by Crippen LogP contribution is -1.87. The highest BCUT2D eigenvalue weighted by Crippen LogP contribution is 2.29. The van der Waals surface area contributed by atoms with E-state index >= 15 is 0 Å². The van der Waals surface area contributed by atoms with E-state index in [4.69, 9.17) is 0 Å². The molecule has 0 amide bonds. The SMILES string of the molecule is Cc1c(O)ccc(-c2ccccc2)c1C. The van der Waals surface area contributed by atoms with Crippen LogP contribution in [0, 0.1) is 13.8 Å². The largest absolute Gasteiger partial charge is 0.508 e. The van der Waals surface area contributed by atoms with Gasteiger partial charge in [-0.3, -0.25) is 0 Å². The van der Waals surface area contributed by atoms with Gasteiger partial charge in [0.15, 0.2) is 0 Å². The first-order chi connectivity index (χ1) is 7.20. The summed E-state index contributed by atoms with van der Waals surface area (Å²) < 4.78 is 0. The highest BCUT2D eigenvalue weighted by atomic mass is 16.3. The molecule has 76 valence electrons. The second kappa shape index (κ2) is 3.77. The van der Waals surface area contributed by atoms with Gasteiger partial charge in [-0.2, -0.15) is 0 Å². The molecule has 0 aromatic heterocycles. The van der Waals surface area contributed by atoms with Gasteiger partial charge in [-0.1, -0.05) is 36.4 Å². The Morgan fingerprint density at radius 1 is 0.800 bits per heavy atom. The minimum atomic E-state index is 0.368. The second-order valence-electron chi connectivity index (χ2n) is 3.75. The van der Waals surface area contributed by atoms with Gasteiger partial charge in [0, 0.05) is 0 Å². The molecule has 0 radical (unpaired) electrons. The van der Waals surface area contributed by atoms with Crippen molar-refractivity contribution in [3.63, 3.8) is 0 Å². The molecule has 0 saturated carbocycles. The predicted molar refractivity (Wildman–Crippen MR) is 63.0 cm³/mol. The average molecular weight is 198 g/mol. The molecular weight excluding hydrogens is 184 g/mol. The molecule has 0 heterocycles. The lowest BCUT2D eigenvalue weighted by molar-refractivity contribution is 0.470. The Kier molecular flexibility index (Phi) is 2.46. The van der Waals surface area contributed by atoms with Gasteiger partial charge in [0.05, 0.1) is 0 Å². The van der Waals surface area contributed by atoms with Crippen molar-refractivity contribution in [2.45, 2.75) is 13.8 Å². The summed E-state index contributed by atoms with van der Waals surface area (Å²) in [6.07, 6.45) is 0. The van der Waals surface area contributed by atoms with Gasteiger partial charge < -0.3 is 5.11 Å². The third-order valence-electron chi connectivity index (χ3n) is 2.84. The summed E-state index contributed by atoms with van der Waals surface area (Å²) in [7, 11) is 0. The predicted octanol–water partition coefficient (Wildman–Crippen LogP) is 3.68. The molecule has 0 spiro atoms. The monoisotopic (exact) mass is 198 g/mol. The first kappa shape index (κ1) is 9.78.